The summed E-state index contributed by atoms with van der Waals surface area (Å²) >= 11 is 0. The number of rotatable bonds is 4. The number of hydrogen-bond acceptors (Lipinski definition) is 8. The molecule has 114 valence electrons. The van der Waals surface area contributed by atoms with Gasteiger partial charge in [-0.15, -0.1) is 15.3 Å². The molecule has 0 unspecified atom stereocenters. The van der Waals surface area contributed by atoms with Crippen molar-refractivity contribution >= 4 is 11.5 Å². The van der Waals surface area contributed by atoms with E-state index in [1.807, 2.05) is 19.1 Å². The lowest BCUT2D eigenvalue weighted by molar-refractivity contribution is 0.174. The first-order valence-corrected chi connectivity index (χ1v) is 7.10. The van der Waals surface area contributed by atoms with E-state index in [0.717, 1.165) is 24.6 Å². The monoisotopic (exact) mass is 300 g/mol. The van der Waals surface area contributed by atoms with Crippen LogP contribution in [-0.2, 0) is 6.54 Å². The summed E-state index contributed by atoms with van der Waals surface area (Å²) in [5.74, 6) is 2.26. The standard InChI is InChI=1S/C13H16N8O/c1-9-15-13(22-18-9)7-19(2)10-5-20(6-10)12-4-3-11-16-14-8-21(11)17-12/h3-4,8,10H,5-7H2,1-2H3. The summed E-state index contributed by atoms with van der Waals surface area (Å²) in [6, 6.07) is 4.35. The first-order chi connectivity index (χ1) is 10.7. The van der Waals surface area contributed by atoms with Crippen LogP contribution < -0.4 is 4.90 Å². The fourth-order valence-corrected chi connectivity index (χ4v) is 2.55. The van der Waals surface area contributed by atoms with Crippen molar-refractivity contribution < 1.29 is 4.52 Å². The second kappa shape index (κ2) is 5.02. The van der Waals surface area contributed by atoms with Gasteiger partial charge in [-0.3, -0.25) is 4.90 Å². The van der Waals surface area contributed by atoms with Gasteiger partial charge in [0.1, 0.15) is 12.1 Å². The first kappa shape index (κ1) is 13.1. The Morgan fingerprint density at radius 1 is 1.36 bits per heavy atom. The highest BCUT2D eigenvalue weighted by Gasteiger charge is 2.31. The van der Waals surface area contributed by atoms with Gasteiger partial charge in [0.05, 0.1) is 6.54 Å². The van der Waals surface area contributed by atoms with E-state index in [1.54, 1.807) is 10.8 Å². The Morgan fingerprint density at radius 3 is 3.00 bits per heavy atom. The maximum absolute atomic E-state index is 5.16. The highest BCUT2D eigenvalue weighted by atomic mass is 16.5. The summed E-state index contributed by atoms with van der Waals surface area (Å²) in [7, 11) is 2.07. The average molecular weight is 300 g/mol. The van der Waals surface area contributed by atoms with E-state index in [4.69, 9.17) is 4.52 Å². The van der Waals surface area contributed by atoms with E-state index in [1.165, 1.54) is 0 Å². The van der Waals surface area contributed by atoms with E-state index >= 15 is 0 Å². The predicted molar refractivity (Wildman–Crippen MR) is 77.3 cm³/mol. The van der Waals surface area contributed by atoms with Gasteiger partial charge in [-0.2, -0.15) is 9.50 Å². The molecule has 4 heterocycles. The molecule has 0 saturated carbocycles. The predicted octanol–water partition coefficient (Wildman–Crippen LogP) is 0.136. The molecule has 0 N–H and O–H groups in total. The van der Waals surface area contributed by atoms with Gasteiger partial charge in [-0.25, -0.2) is 0 Å². The maximum atomic E-state index is 5.16. The van der Waals surface area contributed by atoms with E-state index in [2.05, 4.69) is 42.3 Å². The zero-order valence-electron chi connectivity index (χ0n) is 12.4. The van der Waals surface area contributed by atoms with Gasteiger partial charge in [-0.05, 0) is 26.1 Å². The van der Waals surface area contributed by atoms with Gasteiger partial charge in [0.15, 0.2) is 11.5 Å². The van der Waals surface area contributed by atoms with Gasteiger partial charge in [0.2, 0.25) is 5.89 Å². The van der Waals surface area contributed by atoms with Crippen LogP contribution >= 0.6 is 0 Å². The number of fused-ring (bicyclic) bond motifs is 1. The molecule has 0 bridgehead atoms. The van der Waals surface area contributed by atoms with E-state index < -0.39 is 0 Å². The molecule has 1 aliphatic heterocycles. The van der Waals surface area contributed by atoms with Gasteiger partial charge < -0.3 is 9.42 Å². The quantitative estimate of drug-likeness (QED) is 0.672. The molecule has 0 aliphatic carbocycles. The van der Waals surface area contributed by atoms with Crippen molar-refractivity contribution in [2.24, 2.45) is 0 Å². The second-order valence-electron chi connectivity index (χ2n) is 5.53. The number of hydrogen-bond donors (Lipinski definition) is 0. The SMILES string of the molecule is Cc1noc(CN(C)C2CN(c3ccc4nncn4n3)C2)n1. The third-order valence-corrected chi connectivity index (χ3v) is 3.91. The average Bonchev–Trinajstić information content (AvgIpc) is 3.05. The number of nitrogens with zero attached hydrogens (tertiary/aromatic N) is 8. The second-order valence-corrected chi connectivity index (χ2v) is 5.53. The van der Waals surface area contributed by atoms with Crippen molar-refractivity contribution in [3.63, 3.8) is 0 Å². The number of likely N-dealkylation sites (N-methyl/N-ethyl adjacent to an activating group) is 1. The molecule has 9 nitrogen and oxygen atoms in total. The largest absolute Gasteiger partial charge is 0.352 e. The number of aryl methyl sites for hydroxylation is 1. The third kappa shape index (κ3) is 2.29. The van der Waals surface area contributed by atoms with Crippen LogP contribution in [0.3, 0.4) is 0 Å². The van der Waals surface area contributed by atoms with Crippen molar-refractivity contribution in [3.8, 4) is 0 Å². The van der Waals surface area contributed by atoms with Crippen LogP contribution in [-0.4, -0.2) is 61.0 Å². The number of aromatic nitrogens is 6. The third-order valence-electron chi connectivity index (χ3n) is 3.91. The van der Waals surface area contributed by atoms with Crippen molar-refractivity contribution in [1.82, 2.24) is 34.9 Å². The fourth-order valence-electron chi connectivity index (χ4n) is 2.55. The molecule has 1 fully saturated rings. The Morgan fingerprint density at radius 2 is 2.23 bits per heavy atom. The first-order valence-electron chi connectivity index (χ1n) is 7.10. The molecule has 3 aromatic rings. The van der Waals surface area contributed by atoms with Crippen LogP contribution in [0.4, 0.5) is 5.82 Å². The van der Waals surface area contributed by atoms with E-state index in [9.17, 15) is 0 Å². The number of anilines is 1. The summed E-state index contributed by atoms with van der Waals surface area (Å²) in [6.45, 7) is 4.33. The summed E-state index contributed by atoms with van der Waals surface area (Å²) in [5.41, 5.74) is 0.754. The minimum atomic E-state index is 0.450. The molecule has 0 spiro atoms. The van der Waals surface area contributed by atoms with Gasteiger partial charge in [0.25, 0.3) is 0 Å². The highest BCUT2D eigenvalue weighted by molar-refractivity contribution is 5.47. The lowest BCUT2D eigenvalue weighted by Gasteiger charge is -2.44. The minimum absolute atomic E-state index is 0.450. The summed E-state index contributed by atoms with van der Waals surface area (Å²) in [5, 5.41) is 16.1. The molecule has 0 atom stereocenters. The molecule has 3 aromatic heterocycles. The van der Waals surface area contributed by atoms with E-state index in [-0.39, 0.29) is 0 Å². The molecule has 1 aliphatic rings. The van der Waals surface area contributed by atoms with Crippen LogP contribution in [0, 0.1) is 6.92 Å². The van der Waals surface area contributed by atoms with Gasteiger partial charge in [0, 0.05) is 19.1 Å². The summed E-state index contributed by atoms with van der Waals surface area (Å²) in [6.07, 6.45) is 1.61. The molecule has 0 amide bonds. The van der Waals surface area contributed by atoms with Crippen molar-refractivity contribution in [1.29, 1.82) is 0 Å². The molecule has 22 heavy (non-hydrogen) atoms. The molecule has 0 radical (unpaired) electrons. The van der Waals surface area contributed by atoms with Crippen molar-refractivity contribution in [2.75, 3.05) is 25.0 Å². The Kier molecular flexibility index (Phi) is 3.00. The zero-order chi connectivity index (χ0) is 15.1. The van der Waals surface area contributed by atoms with Gasteiger partial charge >= 0.3 is 0 Å². The molecular formula is C13H16N8O. The molecule has 1 saturated heterocycles. The van der Waals surface area contributed by atoms with Crippen LogP contribution in [0.2, 0.25) is 0 Å². The fraction of sp³-hybridized carbons (Fsp3) is 0.462. The summed E-state index contributed by atoms with van der Waals surface area (Å²) < 4.78 is 6.85. The van der Waals surface area contributed by atoms with Crippen LogP contribution in [0.25, 0.3) is 5.65 Å². The lowest BCUT2D eigenvalue weighted by atomic mass is 10.1. The van der Waals surface area contributed by atoms with Crippen molar-refractivity contribution in [2.45, 2.75) is 19.5 Å². The molecular weight excluding hydrogens is 284 g/mol. The Balaban J connectivity index is 1.38. The van der Waals surface area contributed by atoms with Crippen LogP contribution in [0.15, 0.2) is 23.0 Å². The topological polar surface area (TPSA) is 88.5 Å². The van der Waals surface area contributed by atoms with Gasteiger partial charge in [-0.1, -0.05) is 5.16 Å². The molecule has 0 aromatic carbocycles. The zero-order valence-corrected chi connectivity index (χ0v) is 12.4. The van der Waals surface area contributed by atoms with Crippen LogP contribution in [0.5, 0.6) is 0 Å². The minimum Gasteiger partial charge on any atom is -0.352 e. The van der Waals surface area contributed by atoms with E-state index in [0.29, 0.717) is 24.3 Å². The molecule has 9 heteroatoms. The van der Waals surface area contributed by atoms with Crippen LogP contribution in [0.1, 0.15) is 11.7 Å². The Hall–Kier alpha value is -2.55. The lowest BCUT2D eigenvalue weighted by Crippen LogP contribution is -2.58. The van der Waals surface area contributed by atoms with Crippen molar-refractivity contribution in [3.05, 3.63) is 30.2 Å². The Bertz CT molecular complexity index is 790. The molecule has 4 rings (SSSR count). The normalized spacial score (nSPS) is 15.7. The highest BCUT2D eigenvalue weighted by Crippen LogP contribution is 2.22. The summed E-state index contributed by atoms with van der Waals surface area (Å²) in [4.78, 5) is 8.68. The smallest absolute Gasteiger partial charge is 0.240 e. The Labute approximate surface area is 126 Å². The maximum Gasteiger partial charge on any atom is 0.240 e.